The van der Waals surface area contributed by atoms with E-state index in [0.29, 0.717) is 0 Å². The van der Waals surface area contributed by atoms with Crippen LogP contribution in [0.15, 0.2) is 17.2 Å². The number of rotatable bonds is 4. The molecule has 0 aliphatic carbocycles. The van der Waals surface area contributed by atoms with Crippen LogP contribution in [-0.2, 0) is 0 Å². The van der Waals surface area contributed by atoms with Gasteiger partial charge in [-0.3, -0.25) is 20.9 Å². The second-order valence-electron chi connectivity index (χ2n) is 3.14. The van der Waals surface area contributed by atoms with Crippen LogP contribution in [0.1, 0.15) is 0 Å². The molecule has 0 aliphatic heterocycles. The third kappa shape index (κ3) is 3.54. The number of benzene rings is 1. The summed E-state index contributed by atoms with van der Waals surface area (Å²) in [7, 11) is 0. The maximum atomic E-state index is 10.6. The largest absolute Gasteiger partial charge is 0.382 e. The summed E-state index contributed by atoms with van der Waals surface area (Å²) >= 11 is 11.5. The van der Waals surface area contributed by atoms with Gasteiger partial charge in [0.15, 0.2) is 5.84 Å². The molecular weight excluding hydrogens is 295 g/mol. The standard InChI is InChI=1S/C9H6Cl2N6O2/c10-4-2-8(17(18)19)5(11)1-6(4)15-16-7(3-12)9(13)14/h1-2,15H,(H3,13,14)/b16-7+. The van der Waals surface area contributed by atoms with Crippen molar-refractivity contribution in [3.05, 3.63) is 32.3 Å². The fourth-order valence-electron chi connectivity index (χ4n) is 1.02. The molecule has 0 saturated carbocycles. The van der Waals surface area contributed by atoms with Crippen LogP contribution >= 0.6 is 23.2 Å². The quantitative estimate of drug-likeness (QED) is 0.338. The van der Waals surface area contributed by atoms with E-state index in [9.17, 15) is 10.1 Å². The summed E-state index contributed by atoms with van der Waals surface area (Å²) in [5, 5.41) is 29.7. The van der Waals surface area contributed by atoms with E-state index in [0.717, 1.165) is 6.07 Å². The molecule has 0 saturated heterocycles. The summed E-state index contributed by atoms with van der Waals surface area (Å²) in [5.74, 6) is -0.529. The molecular formula is C9H6Cl2N6O2. The van der Waals surface area contributed by atoms with Crippen LogP contribution in [0.4, 0.5) is 11.4 Å². The Morgan fingerprint density at radius 1 is 1.53 bits per heavy atom. The fraction of sp³-hybridized carbons (Fsp3) is 0. The predicted octanol–water partition coefficient (Wildman–Crippen LogP) is 2.13. The molecule has 0 aromatic heterocycles. The number of nitrogens with zero attached hydrogens (tertiary/aromatic N) is 3. The van der Waals surface area contributed by atoms with E-state index in [2.05, 4.69) is 10.5 Å². The minimum atomic E-state index is -0.683. The third-order valence-corrected chi connectivity index (χ3v) is 2.50. The molecule has 0 bridgehead atoms. The van der Waals surface area contributed by atoms with E-state index in [1.165, 1.54) is 6.07 Å². The van der Waals surface area contributed by atoms with Crippen LogP contribution in [0.2, 0.25) is 10.0 Å². The van der Waals surface area contributed by atoms with Crippen LogP contribution in [0.5, 0.6) is 0 Å². The monoisotopic (exact) mass is 300 g/mol. The lowest BCUT2D eigenvalue weighted by Crippen LogP contribution is -2.21. The Morgan fingerprint density at radius 3 is 2.63 bits per heavy atom. The second kappa shape index (κ2) is 5.99. The highest BCUT2D eigenvalue weighted by molar-refractivity contribution is 6.46. The van der Waals surface area contributed by atoms with Gasteiger partial charge in [0.2, 0.25) is 5.71 Å². The van der Waals surface area contributed by atoms with Crippen LogP contribution < -0.4 is 11.2 Å². The van der Waals surface area contributed by atoms with Gasteiger partial charge in [-0.2, -0.15) is 10.4 Å². The number of anilines is 1. The first-order valence-corrected chi connectivity index (χ1v) is 5.34. The van der Waals surface area contributed by atoms with Gasteiger partial charge in [0.1, 0.15) is 11.1 Å². The first-order valence-electron chi connectivity index (χ1n) is 4.58. The average molecular weight is 301 g/mol. The summed E-state index contributed by atoms with van der Waals surface area (Å²) in [6.45, 7) is 0. The van der Waals surface area contributed by atoms with E-state index in [-0.39, 0.29) is 27.1 Å². The van der Waals surface area contributed by atoms with Crippen molar-refractivity contribution >= 4 is 46.1 Å². The lowest BCUT2D eigenvalue weighted by atomic mass is 10.3. The summed E-state index contributed by atoms with van der Waals surface area (Å²) in [6.07, 6.45) is 0. The Labute approximate surface area is 117 Å². The topological polar surface area (TPSA) is 141 Å². The molecule has 10 heteroatoms. The lowest BCUT2D eigenvalue weighted by Gasteiger charge is -2.05. The highest BCUT2D eigenvalue weighted by atomic mass is 35.5. The normalized spacial score (nSPS) is 10.7. The van der Waals surface area contributed by atoms with Crippen LogP contribution in [0, 0.1) is 26.9 Å². The minimum absolute atomic E-state index is 0.0132. The Hall–Kier alpha value is -2.37. The zero-order valence-corrected chi connectivity index (χ0v) is 10.7. The molecule has 0 spiro atoms. The Bertz CT molecular complexity index is 622. The van der Waals surface area contributed by atoms with Gasteiger partial charge < -0.3 is 5.73 Å². The van der Waals surface area contributed by atoms with Crippen molar-refractivity contribution in [1.82, 2.24) is 0 Å². The number of nitro groups is 1. The SMILES string of the molecule is N#C/C(=N\Nc1cc(Cl)c([N+](=O)[O-])cc1Cl)C(=N)N. The molecule has 4 N–H and O–H groups in total. The maximum absolute atomic E-state index is 10.6. The molecule has 0 amide bonds. The smallest absolute Gasteiger partial charge is 0.289 e. The molecule has 8 nitrogen and oxygen atoms in total. The first kappa shape index (κ1) is 14.7. The Balaban J connectivity index is 3.11. The summed E-state index contributed by atoms with van der Waals surface area (Å²) in [4.78, 5) is 9.93. The highest BCUT2D eigenvalue weighted by Crippen LogP contribution is 2.33. The number of hydrogen-bond donors (Lipinski definition) is 3. The number of nitriles is 1. The Morgan fingerprint density at radius 2 is 2.16 bits per heavy atom. The number of nitro benzene ring substituents is 1. The van der Waals surface area contributed by atoms with Gasteiger partial charge in [-0.1, -0.05) is 23.2 Å². The van der Waals surface area contributed by atoms with Crippen molar-refractivity contribution in [3.63, 3.8) is 0 Å². The lowest BCUT2D eigenvalue weighted by molar-refractivity contribution is -0.384. The molecule has 0 heterocycles. The van der Waals surface area contributed by atoms with E-state index in [4.69, 9.17) is 39.6 Å². The van der Waals surface area contributed by atoms with Crippen molar-refractivity contribution in [2.24, 2.45) is 10.8 Å². The number of amidine groups is 1. The summed E-state index contributed by atoms with van der Waals surface area (Å²) < 4.78 is 0. The van der Waals surface area contributed by atoms with Crippen molar-refractivity contribution < 1.29 is 4.92 Å². The summed E-state index contributed by atoms with van der Waals surface area (Å²) in [6, 6.07) is 3.81. The fourth-order valence-corrected chi connectivity index (χ4v) is 1.46. The minimum Gasteiger partial charge on any atom is -0.382 e. The Kier molecular flexibility index (Phi) is 4.63. The molecule has 0 aliphatic rings. The van der Waals surface area contributed by atoms with Gasteiger partial charge in [-0.25, -0.2) is 0 Å². The molecule has 0 fully saturated rings. The predicted molar refractivity (Wildman–Crippen MR) is 71.7 cm³/mol. The van der Waals surface area contributed by atoms with Crippen LogP contribution in [0.3, 0.4) is 0 Å². The van der Waals surface area contributed by atoms with E-state index < -0.39 is 10.8 Å². The molecule has 0 atom stereocenters. The van der Waals surface area contributed by atoms with Gasteiger partial charge in [0.05, 0.1) is 15.6 Å². The van der Waals surface area contributed by atoms with Crippen molar-refractivity contribution in [3.8, 4) is 6.07 Å². The summed E-state index contributed by atoms with van der Waals surface area (Å²) in [5.41, 5.74) is 6.88. The number of halogens is 2. The molecule has 0 unspecified atom stereocenters. The first-order chi connectivity index (χ1) is 8.86. The zero-order chi connectivity index (χ0) is 14.6. The van der Waals surface area contributed by atoms with E-state index in [1.54, 1.807) is 6.07 Å². The molecule has 98 valence electrons. The molecule has 19 heavy (non-hydrogen) atoms. The molecule has 0 radical (unpaired) electrons. The molecule has 1 aromatic carbocycles. The van der Waals surface area contributed by atoms with Crippen molar-refractivity contribution in [2.45, 2.75) is 0 Å². The van der Waals surface area contributed by atoms with Crippen molar-refractivity contribution in [2.75, 3.05) is 5.43 Å². The molecule has 1 aromatic rings. The van der Waals surface area contributed by atoms with Crippen molar-refractivity contribution in [1.29, 1.82) is 10.7 Å². The van der Waals surface area contributed by atoms with E-state index in [1.807, 2.05) is 0 Å². The van der Waals surface area contributed by atoms with Gasteiger partial charge in [-0.15, -0.1) is 0 Å². The number of nitrogens with two attached hydrogens (primary N) is 1. The number of nitrogens with one attached hydrogen (secondary N) is 2. The highest BCUT2D eigenvalue weighted by Gasteiger charge is 2.16. The van der Waals surface area contributed by atoms with Gasteiger partial charge in [0, 0.05) is 6.07 Å². The number of hydrogen-bond acceptors (Lipinski definition) is 6. The van der Waals surface area contributed by atoms with Gasteiger partial charge in [0.25, 0.3) is 5.69 Å². The zero-order valence-electron chi connectivity index (χ0n) is 9.15. The van der Waals surface area contributed by atoms with E-state index >= 15 is 0 Å². The van der Waals surface area contributed by atoms with Crippen LogP contribution in [-0.4, -0.2) is 16.5 Å². The van der Waals surface area contributed by atoms with Crippen LogP contribution in [0.25, 0.3) is 0 Å². The number of hydrazone groups is 1. The van der Waals surface area contributed by atoms with Gasteiger partial charge in [-0.05, 0) is 6.07 Å². The third-order valence-electron chi connectivity index (χ3n) is 1.88. The average Bonchev–Trinajstić information content (AvgIpc) is 2.32. The van der Waals surface area contributed by atoms with Gasteiger partial charge >= 0.3 is 0 Å². The maximum Gasteiger partial charge on any atom is 0.289 e. The second-order valence-corrected chi connectivity index (χ2v) is 3.95. The molecule has 1 rings (SSSR count).